The van der Waals surface area contributed by atoms with Gasteiger partial charge in [-0.3, -0.25) is 4.79 Å². The monoisotopic (exact) mass is 297 g/mol. The first-order valence-electron chi connectivity index (χ1n) is 7.04. The van der Waals surface area contributed by atoms with Gasteiger partial charge in [0.15, 0.2) is 0 Å². The number of halogens is 1. The number of carbonyl (C=O) groups excluding carboxylic acids is 1. The molecule has 0 aliphatic heterocycles. The van der Waals surface area contributed by atoms with Crippen LogP contribution in [0.4, 0.5) is 10.1 Å². The van der Waals surface area contributed by atoms with Crippen molar-refractivity contribution in [1.82, 2.24) is 10.6 Å². The Labute approximate surface area is 125 Å². The summed E-state index contributed by atoms with van der Waals surface area (Å²) < 4.78 is 18.9. The van der Waals surface area contributed by atoms with Crippen LogP contribution < -0.4 is 15.5 Å². The minimum atomic E-state index is -0.322. The summed E-state index contributed by atoms with van der Waals surface area (Å²) in [5, 5.41) is 5.85. The van der Waals surface area contributed by atoms with Crippen LogP contribution in [0.3, 0.4) is 0 Å². The molecule has 6 heteroatoms. The van der Waals surface area contributed by atoms with E-state index in [1.54, 1.807) is 25.1 Å². The molecule has 0 atom stereocenters. The average molecular weight is 297 g/mol. The topological polar surface area (TPSA) is 53.6 Å². The van der Waals surface area contributed by atoms with Crippen LogP contribution in [0.25, 0.3) is 0 Å². The second kappa shape index (κ2) is 9.31. The fraction of sp³-hybridized carbons (Fsp3) is 0.533. The Hall–Kier alpha value is -1.66. The number of carbonyl (C=O) groups is 1. The van der Waals surface area contributed by atoms with Crippen LogP contribution in [-0.4, -0.2) is 46.3 Å². The van der Waals surface area contributed by atoms with Crippen molar-refractivity contribution in [1.29, 1.82) is 0 Å². The lowest BCUT2D eigenvalue weighted by Crippen LogP contribution is -2.37. The van der Waals surface area contributed by atoms with Crippen LogP contribution in [0.15, 0.2) is 18.2 Å². The Morgan fingerprint density at radius 3 is 2.81 bits per heavy atom. The van der Waals surface area contributed by atoms with Crippen molar-refractivity contribution in [2.24, 2.45) is 0 Å². The molecule has 2 N–H and O–H groups in total. The summed E-state index contributed by atoms with van der Waals surface area (Å²) in [6.07, 6.45) is 0. The molecule has 0 aromatic heterocycles. The average Bonchev–Trinajstić information content (AvgIpc) is 2.45. The molecule has 0 bridgehead atoms. The van der Waals surface area contributed by atoms with Crippen molar-refractivity contribution in [3.63, 3.8) is 0 Å². The highest BCUT2D eigenvalue weighted by Gasteiger charge is 2.11. The highest BCUT2D eigenvalue weighted by atomic mass is 19.1. The molecule has 0 radical (unpaired) electrons. The van der Waals surface area contributed by atoms with E-state index in [-0.39, 0.29) is 18.3 Å². The van der Waals surface area contributed by atoms with Gasteiger partial charge in [0, 0.05) is 27.2 Å². The van der Waals surface area contributed by atoms with Crippen molar-refractivity contribution in [2.75, 3.05) is 45.3 Å². The van der Waals surface area contributed by atoms with Crippen molar-refractivity contribution < 1.29 is 13.9 Å². The molecule has 0 aliphatic rings. The van der Waals surface area contributed by atoms with Gasteiger partial charge in [-0.25, -0.2) is 4.39 Å². The zero-order valence-corrected chi connectivity index (χ0v) is 12.9. The van der Waals surface area contributed by atoms with Crippen molar-refractivity contribution in [3.05, 3.63) is 29.6 Å². The third kappa shape index (κ3) is 6.10. The van der Waals surface area contributed by atoms with E-state index in [0.717, 1.165) is 12.1 Å². The van der Waals surface area contributed by atoms with E-state index >= 15 is 0 Å². The van der Waals surface area contributed by atoms with Gasteiger partial charge in [-0.2, -0.15) is 0 Å². The number of anilines is 1. The van der Waals surface area contributed by atoms with E-state index < -0.39 is 0 Å². The van der Waals surface area contributed by atoms with Crippen LogP contribution in [0.2, 0.25) is 0 Å². The number of nitrogens with one attached hydrogen (secondary N) is 2. The lowest BCUT2D eigenvalue weighted by atomic mass is 10.2. The third-order valence-electron chi connectivity index (χ3n) is 3.01. The summed E-state index contributed by atoms with van der Waals surface area (Å²) in [5.41, 5.74) is 1.30. The second-order valence-corrected chi connectivity index (χ2v) is 4.76. The van der Waals surface area contributed by atoms with E-state index in [2.05, 4.69) is 10.6 Å². The number of hydrogen-bond donors (Lipinski definition) is 2. The molecule has 118 valence electrons. The summed E-state index contributed by atoms with van der Waals surface area (Å²) in [6, 6.07) is 5.06. The fourth-order valence-electron chi connectivity index (χ4n) is 1.89. The maximum Gasteiger partial charge on any atom is 0.239 e. The number of ether oxygens (including phenoxy) is 1. The highest BCUT2D eigenvalue weighted by molar-refractivity contribution is 5.81. The molecule has 0 unspecified atom stereocenters. The van der Waals surface area contributed by atoms with Crippen molar-refractivity contribution in [2.45, 2.75) is 13.5 Å². The summed E-state index contributed by atoms with van der Waals surface area (Å²) >= 11 is 0. The number of rotatable bonds is 9. The van der Waals surface area contributed by atoms with Crippen LogP contribution >= 0.6 is 0 Å². The fourth-order valence-corrected chi connectivity index (χ4v) is 1.89. The first kappa shape index (κ1) is 17.4. The second-order valence-electron chi connectivity index (χ2n) is 4.76. The first-order valence-corrected chi connectivity index (χ1v) is 7.04. The van der Waals surface area contributed by atoms with Gasteiger partial charge in [-0.05, 0) is 24.2 Å². The number of likely N-dealkylation sites (N-methyl/N-ethyl adjacent to an activating group) is 1. The Balaban J connectivity index is 2.57. The molecule has 1 rings (SSSR count). The summed E-state index contributed by atoms with van der Waals surface area (Å²) in [5.74, 6) is -0.483. The molecule has 0 fully saturated rings. The zero-order valence-electron chi connectivity index (χ0n) is 12.9. The van der Waals surface area contributed by atoms with Gasteiger partial charge >= 0.3 is 0 Å². The lowest BCUT2D eigenvalue weighted by molar-refractivity contribution is -0.119. The molecule has 0 aliphatic carbocycles. The van der Waals surface area contributed by atoms with E-state index in [4.69, 9.17) is 4.74 Å². The smallest absolute Gasteiger partial charge is 0.239 e. The van der Waals surface area contributed by atoms with E-state index in [0.29, 0.717) is 25.4 Å². The third-order valence-corrected chi connectivity index (χ3v) is 3.01. The minimum Gasteiger partial charge on any atom is -0.383 e. The molecule has 0 heterocycles. The summed E-state index contributed by atoms with van der Waals surface area (Å²) in [4.78, 5) is 13.3. The molecule has 0 saturated carbocycles. The lowest BCUT2D eigenvalue weighted by Gasteiger charge is -2.20. The van der Waals surface area contributed by atoms with Crippen LogP contribution in [0.1, 0.15) is 12.5 Å². The van der Waals surface area contributed by atoms with Gasteiger partial charge in [0.2, 0.25) is 5.91 Å². The van der Waals surface area contributed by atoms with E-state index in [1.807, 2.05) is 13.0 Å². The number of hydrogen-bond acceptors (Lipinski definition) is 4. The van der Waals surface area contributed by atoms with E-state index in [1.165, 1.54) is 6.07 Å². The Morgan fingerprint density at radius 2 is 2.19 bits per heavy atom. The molecule has 0 saturated heterocycles. The molecule has 1 amide bonds. The molecule has 1 aromatic carbocycles. The number of amides is 1. The van der Waals surface area contributed by atoms with Gasteiger partial charge in [0.25, 0.3) is 0 Å². The maximum absolute atomic E-state index is 14.1. The number of benzene rings is 1. The quantitative estimate of drug-likeness (QED) is 0.671. The van der Waals surface area contributed by atoms with Crippen molar-refractivity contribution in [3.8, 4) is 0 Å². The largest absolute Gasteiger partial charge is 0.383 e. The van der Waals surface area contributed by atoms with Crippen LogP contribution in [0.5, 0.6) is 0 Å². The highest BCUT2D eigenvalue weighted by Crippen LogP contribution is 2.19. The Kier molecular flexibility index (Phi) is 7.71. The normalized spacial score (nSPS) is 10.5. The molecule has 1 aromatic rings. The van der Waals surface area contributed by atoms with Crippen LogP contribution in [0, 0.1) is 5.82 Å². The molecular formula is C15H24FN3O2. The Morgan fingerprint density at radius 1 is 1.43 bits per heavy atom. The number of nitrogens with zero attached hydrogens (tertiary/aromatic N) is 1. The predicted octanol–water partition coefficient (Wildman–Crippen LogP) is 1.13. The first-order chi connectivity index (χ1) is 10.1. The van der Waals surface area contributed by atoms with E-state index in [9.17, 15) is 9.18 Å². The standard InChI is InChI=1S/C15H24FN3O2/c1-4-17-10-12-5-6-14(13(16)9-12)19(2)11-15(20)18-7-8-21-3/h5-6,9,17H,4,7-8,10-11H2,1-3H3,(H,18,20). The van der Waals surface area contributed by atoms with Gasteiger partial charge in [-0.15, -0.1) is 0 Å². The molecule has 21 heavy (non-hydrogen) atoms. The predicted molar refractivity (Wildman–Crippen MR) is 81.9 cm³/mol. The molecule has 5 nitrogen and oxygen atoms in total. The SMILES string of the molecule is CCNCc1ccc(N(C)CC(=O)NCCOC)c(F)c1. The van der Waals surface area contributed by atoms with Crippen LogP contribution in [-0.2, 0) is 16.1 Å². The number of methoxy groups -OCH3 is 1. The summed E-state index contributed by atoms with van der Waals surface area (Å²) in [7, 11) is 3.26. The molecule has 0 spiro atoms. The maximum atomic E-state index is 14.1. The Bertz CT molecular complexity index is 455. The van der Waals surface area contributed by atoms with Gasteiger partial charge in [0.05, 0.1) is 18.8 Å². The minimum absolute atomic E-state index is 0.104. The zero-order chi connectivity index (χ0) is 15.7. The summed E-state index contributed by atoms with van der Waals surface area (Å²) in [6.45, 7) is 4.49. The van der Waals surface area contributed by atoms with Gasteiger partial charge in [0.1, 0.15) is 5.82 Å². The van der Waals surface area contributed by atoms with Gasteiger partial charge in [-0.1, -0.05) is 13.0 Å². The van der Waals surface area contributed by atoms with Crippen molar-refractivity contribution >= 4 is 11.6 Å². The molecular weight excluding hydrogens is 273 g/mol. The van der Waals surface area contributed by atoms with Gasteiger partial charge < -0.3 is 20.3 Å².